The maximum Gasteiger partial charge on any atom is 0.123 e. The highest BCUT2D eigenvalue weighted by molar-refractivity contribution is 5.45. The van der Waals surface area contributed by atoms with E-state index in [1.54, 1.807) is 12.1 Å². The van der Waals surface area contributed by atoms with Crippen molar-refractivity contribution in [3.05, 3.63) is 101 Å². The van der Waals surface area contributed by atoms with E-state index in [2.05, 4.69) is 71.0 Å². The summed E-state index contributed by atoms with van der Waals surface area (Å²) in [6, 6.07) is 24.8. The first-order chi connectivity index (χ1) is 15.2. The molecule has 1 aliphatic heterocycles. The Morgan fingerprint density at radius 3 is 2.55 bits per heavy atom. The van der Waals surface area contributed by atoms with Gasteiger partial charge in [-0.15, -0.1) is 0 Å². The number of anilines is 1. The Hall–Kier alpha value is -2.69. The average molecular weight is 418 g/mol. The van der Waals surface area contributed by atoms with Gasteiger partial charge in [0.15, 0.2) is 0 Å². The monoisotopic (exact) mass is 417 g/mol. The first kappa shape index (κ1) is 21.5. The molecule has 1 atom stereocenters. The first-order valence-corrected chi connectivity index (χ1v) is 11.3. The van der Waals surface area contributed by atoms with Gasteiger partial charge in [0.05, 0.1) is 0 Å². The van der Waals surface area contributed by atoms with Crippen molar-refractivity contribution in [3.8, 4) is 0 Å². The van der Waals surface area contributed by atoms with Crippen LogP contribution in [0.25, 0.3) is 0 Å². The van der Waals surface area contributed by atoms with E-state index in [4.69, 9.17) is 0 Å². The zero-order valence-electron chi connectivity index (χ0n) is 18.3. The molecule has 1 aliphatic rings. The molecule has 3 nitrogen and oxygen atoms in total. The second-order valence-electron chi connectivity index (χ2n) is 8.34. The number of nitrogens with zero attached hydrogens (tertiary/aromatic N) is 1. The lowest BCUT2D eigenvalue weighted by molar-refractivity contribution is 0.170. The molecule has 4 rings (SSSR count). The van der Waals surface area contributed by atoms with Crippen molar-refractivity contribution < 1.29 is 4.39 Å². The summed E-state index contributed by atoms with van der Waals surface area (Å²) in [5.41, 5.74) is 6.54. The molecule has 0 spiro atoms. The van der Waals surface area contributed by atoms with E-state index in [-0.39, 0.29) is 5.82 Å². The van der Waals surface area contributed by atoms with E-state index >= 15 is 0 Å². The predicted molar refractivity (Wildman–Crippen MR) is 127 cm³/mol. The van der Waals surface area contributed by atoms with Crippen LogP contribution in [0.1, 0.15) is 29.2 Å². The number of benzene rings is 3. The highest BCUT2D eigenvalue weighted by Gasteiger charge is 2.25. The molecule has 3 aromatic rings. The molecule has 0 fully saturated rings. The molecule has 0 bridgehead atoms. The summed E-state index contributed by atoms with van der Waals surface area (Å²) in [5, 5.41) is 6.99. The van der Waals surface area contributed by atoms with Crippen LogP contribution in [0.15, 0.2) is 72.8 Å². The fourth-order valence-electron chi connectivity index (χ4n) is 4.45. The molecule has 2 N–H and O–H groups in total. The van der Waals surface area contributed by atoms with E-state index in [0.29, 0.717) is 6.04 Å². The first-order valence-electron chi connectivity index (χ1n) is 11.3. The van der Waals surface area contributed by atoms with Gasteiger partial charge in [-0.2, -0.15) is 0 Å². The highest BCUT2D eigenvalue weighted by Crippen LogP contribution is 2.25. The molecule has 31 heavy (non-hydrogen) atoms. The molecule has 0 saturated carbocycles. The predicted octanol–water partition coefficient (Wildman–Crippen LogP) is 5.02. The smallest absolute Gasteiger partial charge is 0.123 e. The molecule has 0 aliphatic carbocycles. The molecule has 0 radical (unpaired) electrons. The molecule has 1 unspecified atom stereocenters. The fourth-order valence-corrected chi connectivity index (χ4v) is 4.45. The topological polar surface area (TPSA) is 27.3 Å². The fraction of sp³-hybridized carbons (Fsp3) is 0.333. The van der Waals surface area contributed by atoms with Gasteiger partial charge in [0.25, 0.3) is 0 Å². The van der Waals surface area contributed by atoms with Crippen LogP contribution < -0.4 is 10.6 Å². The van der Waals surface area contributed by atoms with Crippen LogP contribution in [-0.4, -0.2) is 30.6 Å². The quantitative estimate of drug-likeness (QED) is 0.479. The van der Waals surface area contributed by atoms with Crippen molar-refractivity contribution in [1.82, 2.24) is 10.2 Å². The average Bonchev–Trinajstić information content (AvgIpc) is 2.79. The summed E-state index contributed by atoms with van der Waals surface area (Å²) in [6.07, 6.45) is 1.98. The maximum atomic E-state index is 13.3. The van der Waals surface area contributed by atoms with E-state index in [1.165, 1.54) is 27.9 Å². The Morgan fingerprint density at radius 1 is 0.935 bits per heavy atom. The minimum atomic E-state index is -0.169. The number of rotatable bonds is 9. The van der Waals surface area contributed by atoms with E-state index in [9.17, 15) is 4.39 Å². The molecule has 1 heterocycles. The van der Waals surface area contributed by atoms with Crippen molar-refractivity contribution in [1.29, 1.82) is 0 Å². The number of fused-ring (bicyclic) bond motifs is 1. The third-order valence-corrected chi connectivity index (χ3v) is 6.06. The third-order valence-electron chi connectivity index (χ3n) is 6.06. The molecule has 0 saturated heterocycles. The molecule has 3 aromatic carbocycles. The molecule has 4 heteroatoms. The minimum Gasteiger partial charge on any atom is -0.385 e. The molecule has 0 aromatic heterocycles. The number of nitrogens with one attached hydrogen (secondary N) is 2. The zero-order chi connectivity index (χ0) is 21.5. The van der Waals surface area contributed by atoms with Gasteiger partial charge in [-0.25, -0.2) is 4.39 Å². The summed E-state index contributed by atoms with van der Waals surface area (Å²) in [6.45, 7) is 6.82. The summed E-state index contributed by atoms with van der Waals surface area (Å²) in [5.74, 6) is -0.169. The van der Waals surface area contributed by atoms with Gasteiger partial charge in [-0.3, -0.25) is 4.90 Å². The van der Waals surface area contributed by atoms with Gasteiger partial charge in [-0.05, 0) is 66.3 Å². The zero-order valence-corrected chi connectivity index (χ0v) is 18.3. The van der Waals surface area contributed by atoms with E-state index in [0.717, 1.165) is 45.6 Å². The Balaban J connectivity index is 1.37. The summed E-state index contributed by atoms with van der Waals surface area (Å²) >= 11 is 0. The number of halogens is 1. The summed E-state index contributed by atoms with van der Waals surface area (Å²) in [7, 11) is 0. The van der Waals surface area contributed by atoms with Crippen molar-refractivity contribution in [3.63, 3.8) is 0 Å². The Kier molecular flexibility index (Phi) is 7.34. The van der Waals surface area contributed by atoms with Gasteiger partial charge >= 0.3 is 0 Å². The van der Waals surface area contributed by atoms with Gasteiger partial charge in [0.2, 0.25) is 0 Å². The molecular formula is C27H32FN3. The van der Waals surface area contributed by atoms with Crippen LogP contribution in [-0.2, 0) is 25.9 Å². The second-order valence-corrected chi connectivity index (χ2v) is 8.34. The third kappa shape index (κ3) is 5.93. The van der Waals surface area contributed by atoms with E-state index < -0.39 is 0 Å². The van der Waals surface area contributed by atoms with Crippen LogP contribution in [0.2, 0.25) is 0 Å². The Morgan fingerprint density at radius 2 is 1.74 bits per heavy atom. The Labute approximate surface area is 185 Å². The van der Waals surface area contributed by atoms with Crippen molar-refractivity contribution in [2.24, 2.45) is 0 Å². The Bertz CT molecular complexity index is 970. The second kappa shape index (κ2) is 10.6. The van der Waals surface area contributed by atoms with Crippen molar-refractivity contribution in [2.75, 3.05) is 25.0 Å². The van der Waals surface area contributed by atoms with Gasteiger partial charge < -0.3 is 10.6 Å². The number of hydrogen-bond acceptors (Lipinski definition) is 3. The van der Waals surface area contributed by atoms with Crippen LogP contribution in [0.4, 0.5) is 10.1 Å². The molecule has 162 valence electrons. The lowest BCUT2D eigenvalue weighted by Gasteiger charge is -2.37. The van der Waals surface area contributed by atoms with Gasteiger partial charge in [0.1, 0.15) is 5.82 Å². The summed E-state index contributed by atoms with van der Waals surface area (Å²) in [4.78, 5) is 2.58. The number of hydrogen-bond donors (Lipinski definition) is 2. The maximum absolute atomic E-state index is 13.3. The highest BCUT2D eigenvalue weighted by atomic mass is 19.1. The largest absolute Gasteiger partial charge is 0.385 e. The van der Waals surface area contributed by atoms with Gasteiger partial charge in [-0.1, -0.05) is 48.5 Å². The standard InChI is InChI=1S/C27H32FN3/c1-2-30-26-9-5-6-22(16-26)19-29-14-15-31-20-24-8-4-3-7-23(24)18-27(31)17-21-10-12-25(28)13-11-21/h3-13,16,27,29-30H,2,14-15,17-20H2,1H3. The molecular weight excluding hydrogens is 385 g/mol. The SMILES string of the molecule is CCNc1cccc(CNCCN2Cc3ccccc3CC2Cc2ccc(F)cc2)c1. The molecule has 0 amide bonds. The summed E-state index contributed by atoms with van der Waals surface area (Å²) < 4.78 is 13.3. The van der Waals surface area contributed by atoms with Crippen LogP contribution in [0.3, 0.4) is 0 Å². The van der Waals surface area contributed by atoms with Crippen LogP contribution >= 0.6 is 0 Å². The minimum absolute atomic E-state index is 0.169. The lowest BCUT2D eigenvalue weighted by Crippen LogP contribution is -2.44. The van der Waals surface area contributed by atoms with Crippen molar-refractivity contribution in [2.45, 2.75) is 38.9 Å². The lowest BCUT2D eigenvalue weighted by atomic mass is 9.90. The van der Waals surface area contributed by atoms with E-state index in [1.807, 2.05) is 12.1 Å². The van der Waals surface area contributed by atoms with Crippen molar-refractivity contribution >= 4 is 5.69 Å². The van der Waals surface area contributed by atoms with Crippen LogP contribution in [0, 0.1) is 5.82 Å². The normalized spacial score (nSPS) is 16.1. The van der Waals surface area contributed by atoms with Gasteiger partial charge in [0, 0.05) is 44.5 Å². The van der Waals surface area contributed by atoms with Crippen LogP contribution in [0.5, 0.6) is 0 Å².